The number of benzene rings is 1. The number of imidazole rings is 1. The smallest absolute Gasteiger partial charge is 0.167 e. The summed E-state index contributed by atoms with van der Waals surface area (Å²) in [5.74, 6) is 1.86. The van der Waals surface area contributed by atoms with Crippen molar-refractivity contribution < 1.29 is 4.52 Å². The van der Waals surface area contributed by atoms with Crippen LogP contribution in [0.5, 0.6) is 0 Å². The second-order valence-electron chi connectivity index (χ2n) is 6.40. The summed E-state index contributed by atoms with van der Waals surface area (Å²) in [5, 5.41) is 4.26. The third-order valence-electron chi connectivity index (χ3n) is 4.82. The van der Waals surface area contributed by atoms with E-state index in [0.29, 0.717) is 6.04 Å². The lowest BCUT2D eigenvalue weighted by Gasteiger charge is -2.39. The van der Waals surface area contributed by atoms with Crippen LogP contribution in [0.1, 0.15) is 24.5 Å². The van der Waals surface area contributed by atoms with Crippen LogP contribution in [0.3, 0.4) is 0 Å². The molecule has 1 fully saturated rings. The topological polar surface area (TPSA) is 61.2 Å². The van der Waals surface area contributed by atoms with Crippen LogP contribution in [0.2, 0.25) is 0 Å². The van der Waals surface area contributed by atoms with Gasteiger partial charge in [-0.05, 0) is 6.54 Å². The Morgan fingerprint density at radius 1 is 1.24 bits per heavy atom. The Kier molecular flexibility index (Phi) is 4.63. The number of hydrogen-bond acceptors (Lipinski definition) is 5. The van der Waals surface area contributed by atoms with E-state index in [1.54, 1.807) is 0 Å². The summed E-state index contributed by atoms with van der Waals surface area (Å²) >= 11 is 0. The van der Waals surface area contributed by atoms with Crippen LogP contribution in [0.25, 0.3) is 11.3 Å². The van der Waals surface area contributed by atoms with Crippen LogP contribution < -0.4 is 0 Å². The van der Waals surface area contributed by atoms with E-state index in [4.69, 9.17) is 4.52 Å². The molecule has 1 saturated heterocycles. The molecule has 0 radical (unpaired) electrons. The van der Waals surface area contributed by atoms with E-state index in [0.717, 1.165) is 55.6 Å². The number of nitrogens with zero attached hydrogens (tertiary/aromatic N) is 4. The van der Waals surface area contributed by atoms with Crippen molar-refractivity contribution in [3.05, 3.63) is 60.3 Å². The van der Waals surface area contributed by atoms with E-state index in [9.17, 15) is 0 Å². The molecule has 1 aliphatic heterocycles. The van der Waals surface area contributed by atoms with Gasteiger partial charge in [-0.15, -0.1) is 0 Å². The normalized spacial score (nSPS) is 19.3. The van der Waals surface area contributed by atoms with Gasteiger partial charge in [-0.3, -0.25) is 9.80 Å². The van der Waals surface area contributed by atoms with Gasteiger partial charge in [0.1, 0.15) is 5.82 Å². The van der Waals surface area contributed by atoms with Gasteiger partial charge in [-0.1, -0.05) is 42.4 Å². The average molecular weight is 337 g/mol. The lowest BCUT2D eigenvalue weighted by Crippen LogP contribution is -2.48. The highest BCUT2D eigenvalue weighted by atomic mass is 16.5. The van der Waals surface area contributed by atoms with Gasteiger partial charge in [0.15, 0.2) is 5.76 Å². The molecule has 3 aromatic rings. The molecule has 1 atom stereocenters. The van der Waals surface area contributed by atoms with Crippen LogP contribution in [0, 0.1) is 0 Å². The molecule has 1 aromatic carbocycles. The van der Waals surface area contributed by atoms with Crippen LogP contribution in [-0.2, 0) is 6.54 Å². The maximum absolute atomic E-state index is 5.53. The van der Waals surface area contributed by atoms with Crippen LogP contribution in [0.15, 0.2) is 53.3 Å². The van der Waals surface area contributed by atoms with Crippen molar-refractivity contribution in [2.24, 2.45) is 0 Å². The van der Waals surface area contributed by atoms with E-state index in [1.165, 1.54) is 0 Å². The molecular formula is C19H23N5O. The molecule has 2 aromatic heterocycles. The van der Waals surface area contributed by atoms with Gasteiger partial charge < -0.3 is 9.51 Å². The molecule has 0 unspecified atom stereocenters. The highest BCUT2D eigenvalue weighted by molar-refractivity contribution is 5.56. The van der Waals surface area contributed by atoms with Crippen molar-refractivity contribution in [1.29, 1.82) is 0 Å². The lowest BCUT2D eigenvalue weighted by molar-refractivity contribution is 0.0684. The summed E-state index contributed by atoms with van der Waals surface area (Å²) in [6, 6.07) is 12.4. The molecule has 0 saturated carbocycles. The SMILES string of the molecule is CCN1CCN(Cc2cc(-c3ccccc3)on2)C[C@H]1c1ncc[nH]1. The predicted octanol–water partition coefficient (Wildman–Crippen LogP) is 2.94. The molecule has 1 N–H and O–H groups in total. The summed E-state index contributed by atoms with van der Waals surface area (Å²) in [5.41, 5.74) is 2.03. The zero-order chi connectivity index (χ0) is 17.1. The number of nitrogens with one attached hydrogen (secondary N) is 1. The third-order valence-corrected chi connectivity index (χ3v) is 4.82. The molecular weight excluding hydrogens is 314 g/mol. The molecule has 1 aliphatic rings. The number of hydrogen-bond donors (Lipinski definition) is 1. The zero-order valence-electron chi connectivity index (χ0n) is 14.4. The van der Waals surface area contributed by atoms with Gasteiger partial charge in [0.05, 0.1) is 11.7 Å². The van der Waals surface area contributed by atoms with Gasteiger partial charge >= 0.3 is 0 Å². The van der Waals surface area contributed by atoms with Crippen LogP contribution in [-0.4, -0.2) is 51.1 Å². The fourth-order valence-corrected chi connectivity index (χ4v) is 3.47. The van der Waals surface area contributed by atoms with E-state index >= 15 is 0 Å². The third kappa shape index (κ3) is 3.50. The molecule has 0 bridgehead atoms. The highest BCUT2D eigenvalue weighted by Crippen LogP contribution is 2.25. The van der Waals surface area contributed by atoms with E-state index in [-0.39, 0.29) is 0 Å². The minimum Gasteiger partial charge on any atom is -0.356 e. The molecule has 6 nitrogen and oxygen atoms in total. The maximum Gasteiger partial charge on any atom is 0.167 e. The van der Waals surface area contributed by atoms with Crippen LogP contribution >= 0.6 is 0 Å². The fraction of sp³-hybridized carbons (Fsp3) is 0.368. The quantitative estimate of drug-likeness (QED) is 0.776. The van der Waals surface area contributed by atoms with E-state index in [2.05, 4.69) is 31.8 Å². The second-order valence-corrected chi connectivity index (χ2v) is 6.40. The molecule has 3 heterocycles. The van der Waals surface area contributed by atoms with Crippen molar-refractivity contribution in [3.8, 4) is 11.3 Å². The molecule has 0 aliphatic carbocycles. The Morgan fingerprint density at radius 2 is 2.12 bits per heavy atom. The first-order valence-corrected chi connectivity index (χ1v) is 8.80. The van der Waals surface area contributed by atoms with E-state index in [1.807, 2.05) is 48.8 Å². The molecule has 0 spiro atoms. The molecule has 4 rings (SSSR count). The largest absolute Gasteiger partial charge is 0.356 e. The first-order chi connectivity index (χ1) is 12.3. The zero-order valence-corrected chi connectivity index (χ0v) is 14.4. The molecule has 0 amide bonds. The summed E-state index contributed by atoms with van der Waals surface area (Å²) in [6.45, 7) is 7.03. The predicted molar refractivity (Wildman–Crippen MR) is 95.8 cm³/mol. The van der Waals surface area contributed by atoms with Gasteiger partial charge in [0.25, 0.3) is 0 Å². The van der Waals surface area contributed by atoms with Crippen molar-refractivity contribution in [2.75, 3.05) is 26.2 Å². The molecule has 6 heteroatoms. The monoisotopic (exact) mass is 337 g/mol. The fourth-order valence-electron chi connectivity index (χ4n) is 3.47. The standard InChI is InChI=1S/C19H23N5O/c1-2-24-11-10-23(14-17(24)19-20-8-9-21-19)13-16-12-18(25-22-16)15-6-4-3-5-7-15/h3-9,12,17H,2,10-11,13-14H2,1H3,(H,20,21)/t17-/m0/s1. The average Bonchev–Trinajstić information content (AvgIpc) is 3.34. The summed E-state index contributed by atoms with van der Waals surface area (Å²) in [4.78, 5) is 12.6. The minimum absolute atomic E-state index is 0.300. The Bertz CT molecular complexity index is 783. The maximum atomic E-state index is 5.53. The van der Waals surface area contributed by atoms with Gasteiger partial charge in [-0.25, -0.2) is 4.98 Å². The Labute approximate surface area is 147 Å². The minimum atomic E-state index is 0.300. The summed E-state index contributed by atoms with van der Waals surface area (Å²) in [7, 11) is 0. The van der Waals surface area contributed by atoms with E-state index < -0.39 is 0 Å². The first kappa shape index (κ1) is 16.1. The van der Waals surface area contributed by atoms with Crippen molar-refractivity contribution in [2.45, 2.75) is 19.5 Å². The highest BCUT2D eigenvalue weighted by Gasteiger charge is 2.29. The Morgan fingerprint density at radius 3 is 2.88 bits per heavy atom. The molecule has 25 heavy (non-hydrogen) atoms. The number of aromatic nitrogens is 3. The van der Waals surface area contributed by atoms with Crippen molar-refractivity contribution >= 4 is 0 Å². The van der Waals surface area contributed by atoms with Gasteiger partial charge in [-0.2, -0.15) is 0 Å². The van der Waals surface area contributed by atoms with Gasteiger partial charge in [0.2, 0.25) is 0 Å². The Balaban J connectivity index is 1.45. The van der Waals surface area contributed by atoms with Crippen LogP contribution in [0.4, 0.5) is 0 Å². The first-order valence-electron chi connectivity index (χ1n) is 8.80. The lowest BCUT2D eigenvalue weighted by atomic mass is 10.1. The van der Waals surface area contributed by atoms with Crippen molar-refractivity contribution in [3.63, 3.8) is 0 Å². The number of rotatable bonds is 5. The van der Waals surface area contributed by atoms with Gasteiger partial charge in [0, 0.05) is 50.2 Å². The summed E-state index contributed by atoms with van der Waals surface area (Å²) < 4.78 is 5.53. The number of H-pyrrole nitrogens is 1. The number of likely N-dealkylation sites (N-methyl/N-ethyl adjacent to an activating group) is 1. The number of aromatic amines is 1. The number of piperazine rings is 1. The second kappa shape index (κ2) is 7.21. The molecule has 130 valence electrons. The summed E-state index contributed by atoms with van der Waals surface area (Å²) in [6.07, 6.45) is 3.72. The Hall–Kier alpha value is -2.44. The van der Waals surface area contributed by atoms with Crippen molar-refractivity contribution in [1.82, 2.24) is 24.9 Å².